The quantitative estimate of drug-likeness (QED) is 0.541. The van der Waals surface area contributed by atoms with E-state index in [0.717, 1.165) is 22.4 Å². The molecule has 1 amide bonds. The van der Waals surface area contributed by atoms with E-state index in [4.69, 9.17) is 0 Å². The maximum absolute atomic E-state index is 12.3. The summed E-state index contributed by atoms with van der Waals surface area (Å²) in [5.74, 6) is 1.08. The van der Waals surface area contributed by atoms with Gasteiger partial charge in [-0.15, -0.1) is 0 Å². The molecule has 27 heavy (non-hydrogen) atoms. The highest BCUT2D eigenvalue weighted by atomic mass is 79.9. The number of hydrogen-bond acceptors (Lipinski definition) is 6. The highest BCUT2D eigenvalue weighted by Gasteiger charge is 2.07. The van der Waals surface area contributed by atoms with Crippen molar-refractivity contribution in [3.8, 4) is 0 Å². The third kappa shape index (κ3) is 5.24. The summed E-state index contributed by atoms with van der Waals surface area (Å²) < 4.78 is 0.756. The first-order chi connectivity index (χ1) is 13.0. The van der Waals surface area contributed by atoms with Gasteiger partial charge in [-0.2, -0.15) is 4.98 Å². The lowest BCUT2D eigenvalue weighted by molar-refractivity contribution is 0.102. The summed E-state index contributed by atoms with van der Waals surface area (Å²) in [6.45, 7) is 4.67. The Morgan fingerprint density at radius 3 is 2.52 bits per heavy atom. The fraction of sp³-hybridized carbons (Fsp3) is 0.158. The molecular formula is C19H19BrN6O. The summed E-state index contributed by atoms with van der Waals surface area (Å²) in [6, 6.07) is 11.0. The molecule has 3 N–H and O–H groups in total. The van der Waals surface area contributed by atoms with E-state index in [2.05, 4.69) is 46.8 Å². The monoisotopic (exact) mass is 426 g/mol. The molecule has 0 unspecified atom stereocenters. The molecule has 0 aliphatic carbocycles. The number of benzene rings is 1. The van der Waals surface area contributed by atoms with Crippen LogP contribution in [0, 0.1) is 6.92 Å². The van der Waals surface area contributed by atoms with Gasteiger partial charge in [-0.3, -0.25) is 9.78 Å². The highest BCUT2D eigenvalue weighted by molar-refractivity contribution is 9.10. The van der Waals surface area contributed by atoms with Crippen molar-refractivity contribution >= 4 is 45.0 Å². The van der Waals surface area contributed by atoms with Crippen molar-refractivity contribution in [3.05, 3.63) is 64.5 Å². The standard InChI is InChI=1S/C19H19BrN6O/c1-3-22-19-23-12(2)8-17(26-19)24-15-4-6-16(7-5-15)25-18(27)13-9-14(20)11-21-10-13/h4-11H,3H2,1-2H3,(H,25,27)(H2,22,23,24,26). The number of carbonyl (C=O) groups excluding carboxylic acids is 1. The van der Waals surface area contributed by atoms with Crippen molar-refractivity contribution in [2.24, 2.45) is 0 Å². The lowest BCUT2D eigenvalue weighted by Crippen LogP contribution is -2.12. The van der Waals surface area contributed by atoms with Crippen molar-refractivity contribution < 1.29 is 4.79 Å². The molecule has 2 aromatic heterocycles. The first kappa shape index (κ1) is 18.8. The number of pyridine rings is 1. The molecule has 0 aliphatic heterocycles. The number of aromatic nitrogens is 3. The van der Waals surface area contributed by atoms with E-state index in [9.17, 15) is 4.79 Å². The minimum absolute atomic E-state index is 0.216. The van der Waals surface area contributed by atoms with Crippen LogP contribution in [-0.2, 0) is 0 Å². The van der Waals surface area contributed by atoms with E-state index in [1.807, 2.05) is 44.2 Å². The van der Waals surface area contributed by atoms with Gasteiger partial charge < -0.3 is 16.0 Å². The number of nitrogens with zero attached hydrogens (tertiary/aromatic N) is 3. The molecule has 7 nitrogen and oxygen atoms in total. The van der Waals surface area contributed by atoms with Crippen molar-refractivity contribution in [2.75, 3.05) is 22.5 Å². The highest BCUT2D eigenvalue weighted by Crippen LogP contribution is 2.20. The molecule has 3 rings (SSSR count). The van der Waals surface area contributed by atoms with E-state index in [0.29, 0.717) is 23.0 Å². The minimum atomic E-state index is -0.216. The van der Waals surface area contributed by atoms with Gasteiger partial charge in [0.1, 0.15) is 5.82 Å². The lowest BCUT2D eigenvalue weighted by Gasteiger charge is -2.10. The van der Waals surface area contributed by atoms with Gasteiger partial charge in [0.05, 0.1) is 5.56 Å². The first-order valence-corrected chi connectivity index (χ1v) is 9.21. The second-order valence-electron chi connectivity index (χ2n) is 5.80. The molecule has 0 aliphatic rings. The number of amides is 1. The molecule has 8 heteroatoms. The number of carbonyl (C=O) groups is 1. The third-order valence-corrected chi connectivity index (χ3v) is 4.01. The predicted molar refractivity (Wildman–Crippen MR) is 111 cm³/mol. The Balaban J connectivity index is 1.68. The van der Waals surface area contributed by atoms with Crippen molar-refractivity contribution in [3.63, 3.8) is 0 Å². The van der Waals surface area contributed by atoms with Gasteiger partial charge >= 0.3 is 0 Å². The molecule has 3 aromatic rings. The van der Waals surface area contributed by atoms with Gasteiger partial charge in [-0.1, -0.05) is 0 Å². The minimum Gasteiger partial charge on any atom is -0.354 e. The van der Waals surface area contributed by atoms with Crippen LogP contribution in [0.2, 0.25) is 0 Å². The average molecular weight is 427 g/mol. The molecule has 0 radical (unpaired) electrons. The number of rotatable bonds is 6. The number of hydrogen-bond donors (Lipinski definition) is 3. The summed E-state index contributed by atoms with van der Waals surface area (Å²) in [5.41, 5.74) is 2.91. The zero-order chi connectivity index (χ0) is 19.2. The van der Waals surface area contributed by atoms with E-state index >= 15 is 0 Å². The first-order valence-electron chi connectivity index (χ1n) is 8.42. The van der Waals surface area contributed by atoms with Crippen molar-refractivity contribution in [1.82, 2.24) is 15.0 Å². The Morgan fingerprint density at radius 2 is 1.81 bits per heavy atom. The molecular weight excluding hydrogens is 408 g/mol. The van der Waals surface area contributed by atoms with Gasteiger partial charge in [0, 0.05) is 46.5 Å². The third-order valence-electron chi connectivity index (χ3n) is 3.57. The fourth-order valence-electron chi connectivity index (χ4n) is 2.39. The molecule has 0 fully saturated rings. The zero-order valence-corrected chi connectivity index (χ0v) is 16.5. The Labute approximate surface area is 165 Å². The van der Waals surface area contributed by atoms with Gasteiger partial charge in [0.25, 0.3) is 5.91 Å². The van der Waals surface area contributed by atoms with Crippen LogP contribution in [0.25, 0.3) is 0 Å². The van der Waals surface area contributed by atoms with Crippen LogP contribution < -0.4 is 16.0 Å². The Hall–Kier alpha value is -3.00. The van der Waals surface area contributed by atoms with Gasteiger partial charge in [-0.05, 0) is 60.1 Å². The summed E-state index contributed by atoms with van der Waals surface area (Å²) in [5, 5.41) is 9.20. The van der Waals surface area contributed by atoms with Crippen molar-refractivity contribution in [1.29, 1.82) is 0 Å². The van der Waals surface area contributed by atoms with Crippen molar-refractivity contribution in [2.45, 2.75) is 13.8 Å². The maximum Gasteiger partial charge on any atom is 0.257 e. The smallest absolute Gasteiger partial charge is 0.257 e. The maximum atomic E-state index is 12.3. The number of nitrogens with one attached hydrogen (secondary N) is 3. The molecule has 2 heterocycles. The average Bonchev–Trinajstić information content (AvgIpc) is 2.63. The van der Waals surface area contributed by atoms with Crippen LogP contribution >= 0.6 is 15.9 Å². The summed E-state index contributed by atoms with van der Waals surface area (Å²) >= 11 is 3.31. The molecule has 0 atom stereocenters. The fourth-order valence-corrected chi connectivity index (χ4v) is 2.76. The second-order valence-corrected chi connectivity index (χ2v) is 6.71. The molecule has 0 saturated heterocycles. The van der Waals surface area contributed by atoms with Crippen LogP contribution in [0.4, 0.5) is 23.1 Å². The number of anilines is 4. The molecule has 138 valence electrons. The summed E-state index contributed by atoms with van der Waals surface area (Å²) in [6.07, 6.45) is 3.16. The lowest BCUT2D eigenvalue weighted by atomic mass is 10.2. The van der Waals surface area contributed by atoms with Crippen LogP contribution in [0.5, 0.6) is 0 Å². The molecule has 0 bridgehead atoms. The second kappa shape index (κ2) is 8.59. The zero-order valence-electron chi connectivity index (χ0n) is 15.0. The van der Waals surface area contributed by atoms with Gasteiger partial charge in [0.15, 0.2) is 0 Å². The number of aryl methyl sites for hydroxylation is 1. The van der Waals surface area contributed by atoms with Gasteiger partial charge in [0.2, 0.25) is 5.95 Å². The van der Waals surface area contributed by atoms with Crippen LogP contribution in [0.15, 0.2) is 53.3 Å². The number of halogens is 1. The molecule has 0 spiro atoms. The van der Waals surface area contributed by atoms with Crippen LogP contribution in [-0.4, -0.2) is 27.4 Å². The van der Waals surface area contributed by atoms with E-state index in [-0.39, 0.29) is 5.91 Å². The normalized spacial score (nSPS) is 10.3. The largest absolute Gasteiger partial charge is 0.354 e. The SMILES string of the molecule is CCNc1nc(C)cc(Nc2ccc(NC(=O)c3cncc(Br)c3)cc2)n1. The Bertz CT molecular complexity index is 945. The van der Waals surface area contributed by atoms with E-state index in [1.54, 1.807) is 12.3 Å². The molecule has 1 aromatic carbocycles. The molecule has 0 saturated carbocycles. The van der Waals surface area contributed by atoms with Gasteiger partial charge in [-0.25, -0.2) is 4.98 Å². The summed E-state index contributed by atoms with van der Waals surface area (Å²) in [4.78, 5) is 25.0. The van der Waals surface area contributed by atoms with Crippen LogP contribution in [0.1, 0.15) is 23.0 Å². The van der Waals surface area contributed by atoms with Crippen LogP contribution in [0.3, 0.4) is 0 Å². The Kier molecular flexibility index (Phi) is 5.97. The topological polar surface area (TPSA) is 91.8 Å². The Morgan fingerprint density at radius 1 is 1.07 bits per heavy atom. The van der Waals surface area contributed by atoms with E-state index in [1.165, 1.54) is 6.20 Å². The van der Waals surface area contributed by atoms with E-state index < -0.39 is 0 Å². The summed E-state index contributed by atoms with van der Waals surface area (Å²) in [7, 11) is 0. The predicted octanol–water partition coefficient (Wildman–Crippen LogP) is 4.37.